The smallest absolute Gasteiger partial charge is 0.234 e. The molecule has 0 aliphatic rings. The molecule has 0 unspecified atom stereocenters. The highest BCUT2D eigenvalue weighted by Gasteiger charge is 2.19. The van der Waals surface area contributed by atoms with Gasteiger partial charge in [-0.05, 0) is 6.07 Å². The number of furan rings is 1. The van der Waals surface area contributed by atoms with Crippen molar-refractivity contribution in [3.63, 3.8) is 0 Å². The van der Waals surface area contributed by atoms with Crippen molar-refractivity contribution in [3.05, 3.63) is 60.2 Å². The molecule has 1 aromatic heterocycles. The fourth-order valence-corrected chi connectivity index (χ4v) is 1.50. The molecule has 2 aromatic rings. The van der Waals surface area contributed by atoms with Gasteiger partial charge in [0.2, 0.25) is 5.78 Å². The van der Waals surface area contributed by atoms with Crippen LogP contribution in [-0.4, -0.2) is 16.0 Å². The Labute approximate surface area is 97.4 Å². The Morgan fingerprint density at radius 2 is 1.88 bits per heavy atom. The molecule has 1 aromatic carbocycles. The first-order valence-electron chi connectivity index (χ1n) is 4.95. The zero-order valence-electron chi connectivity index (χ0n) is 8.83. The van der Waals surface area contributed by atoms with Crippen molar-refractivity contribution in [2.24, 2.45) is 0 Å². The number of benzene rings is 1. The summed E-state index contributed by atoms with van der Waals surface area (Å²) in [6.07, 6.45) is 1.73. The number of rotatable bonds is 3. The van der Waals surface area contributed by atoms with Crippen molar-refractivity contribution in [3.8, 4) is 11.3 Å². The number of carbonyl (C=O) groups excluding carboxylic acids is 1. The fraction of sp³-hybridized carbons (Fsp3) is 0. The molecule has 86 valence electrons. The van der Waals surface area contributed by atoms with Gasteiger partial charge in [0.25, 0.3) is 0 Å². The molecule has 4 heteroatoms. The Bertz CT molecular complexity index is 552. The topological polar surface area (TPSA) is 70.7 Å². The molecule has 0 radical (unpaired) electrons. The maximum absolute atomic E-state index is 11.7. The summed E-state index contributed by atoms with van der Waals surface area (Å²) in [6, 6.07) is 10.5. The van der Waals surface area contributed by atoms with E-state index in [9.17, 15) is 9.90 Å². The van der Waals surface area contributed by atoms with Crippen LogP contribution in [-0.2, 0) is 0 Å². The molecular weight excluding hydrogens is 220 g/mol. The standard InChI is InChI=1S/C13H10O4/c14-8-11(15)12(16)10-6-7-17-13(10)9-4-2-1-3-5-9/h1-8,14-15H. The zero-order valence-corrected chi connectivity index (χ0v) is 8.83. The van der Waals surface area contributed by atoms with Crippen molar-refractivity contribution in [2.75, 3.05) is 0 Å². The molecule has 0 spiro atoms. The first-order chi connectivity index (χ1) is 8.24. The predicted octanol–water partition coefficient (Wildman–Crippen LogP) is 3.09. The molecule has 0 aliphatic carbocycles. The van der Waals surface area contributed by atoms with Crippen LogP contribution in [0, 0.1) is 0 Å². The van der Waals surface area contributed by atoms with Crippen LogP contribution >= 0.6 is 0 Å². The van der Waals surface area contributed by atoms with E-state index in [-0.39, 0.29) is 5.56 Å². The second kappa shape index (κ2) is 4.57. The van der Waals surface area contributed by atoms with Gasteiger partial charge in [-0.15, -0.1) is 0 Å². The van der Waals surface area contributed by atoms with Gasteiger partial charge < -0.3 is 14.6 Å². The maximum atomic E-state index is 11.7. The van der Waals surface area contributed by atoms with Crippen molar-refractivity contribution in [1.29, 1.82) is 0 Å². The van der Waals surface area contributed by atoms with Crippen LogP contribution in [0.15, 0.2) is 59.1 Å². The molecule has 17 heavy (non-hydrogen) atoms. The van der Waals surface area contributed by atoms with Gasteiger partial charge in [-0.3, -0.25) is 4.79 Å². The molecule has 0 saturated carbocycles. The van der Waals surface area contributed by atoms with Crippen LogP contribution in [0.25, 0.3) is 11.3 Å². The number of carbonyl (C=O) groups is 1. The first kappa shape index (κ1) is 11.0. The van der Waals surface area contributed by atoms with E-state index in [0.717, 1.165) is 5.56 Å². The van der Waals surface area contributed by atoms with Gasteiger partial charge >= 0.3 is 0 Å². The predicted molar refractivity (Wildman–Crippen MR) is 61.8 cm³/mol. The normalized spacial score (nSPS) is 11.4. The fourth-order valence-electron chi connectivity index (χ4n) is 1.50. The Kier molecular flexibility index (Phi) is 2.96. The van der Waals surface area contributed by atoms with Crippen LogP contribution in [0.5, 0.6) is 0 Å². The van der Waals surface area contributed by atoms with Gasteiger partial charge in [0.1, 0.15) is 12.0 Å². The minimum atomic E-state index is -0.719. The highest BCUT2D eigenvalue weighted by atomic mass is 16.3. The molecule has 0 fully saturated rings. The molecule has 0 aliphatic heterocycles. The van der Waals surface area contributed by atoms with E-state index < -0.39 is 11.5 Å². The number of allylic oxidation sites excluding steroid dienone is 1. The molecule has 4 nitrogen and oxygen atoms in total. The molecule has 1 heterocycles. The molecular formula is C13H10O4. The Balaban J connectivity index is 2.46. The van der Waals surface area contributed by atoms with Crippen LogP contribution in [0.1, 0.15) is 10.4 Å². The summed E-state index contributed by atoms with van der Waals surface area (Å²) in [5, 5.41) is 17.8. The largest absolute Gasteiger partial charge is 0.512 e. The van der Waals surface area contributed by atoms with E-state index in [2.05, 4.69) is 0 Å². The van der Waals surface area contributed by atoms with Crippen LogP contribution in [0.3, 0.4) is 0 Å². The number of ketones is 1. The van der Waals surface area contributed by atoms with Crippen LogP contribution < -0.4 is 0 Å². The number of aliphatic hydroxyl groups is 2. The van der Waals surface area contributed by atoms with Crippen molar-refractivity contribution in [2.45, 2.75) is 0 Å². The minimum Gasteiger partial charge on any atom is -0.512 e. The summed E-state index contributed by atoms with van der Waals surface area (Å²) >= 11 is 0. The lowest BCUT2D eigenvalue weighted by Gasteiger charge is -2.00. The summed E-state index contributed by atoms with van der Waals surface area (Å²) < 4.78 is 5.23. The molecule has 2 rings (SSSR count). The molecule has 0 atom stereocenters. The highest BCUT2D eigenvalue weighted by Crippen LogP contribution is 2.26. The first-order valence-corrected chi connectivity index (χ1v) is 4.95. The number of Topliss-reactive ketones (excluding diaryl/α,β-unsaturated/α-hetero) is 1. The number of aliphatic hydroxyl groups excluding tert-OH is 2. The molecule has 2 N–H and O–H groups in total. The Morgan fingerprint density at radius 1 is 1.18 bits per heavy atom. The SMILES string of the molecule is O=C(C(O)=CO)c1ccoc1-c1ccccc1. The van der Waals surface area contributed by atoms with E-state index in [1.165, 1.54) is 12.3 Å². The highest BCUT2D eigenvalue weighted by molar-refractivity contribution is 6.10. The van der Waals surface area contributed by atoms with E-state index in [1.54, 1.807) is 12.1 Å². The summed E-state index contributed by atoms with van der Waals surface area (Å²) in [5.74, 6) is -1.03. The lowest BCUT2D eigenvalue weighted by atomic mass is 10.1. The summed E-state index contributed by atoms with van der Waals surface area (Å²) in [4.78, 5) is 11.7. The van der Waals surface area contributed by atoms with Gasteiger partial charge in [0, 0.05) is 5.56 Å². The quantitative estimate of drug-likeness (QED) is 0.483. The van der Waals surface area contributed by atoms with E-state index in [1.807, 2.05) is 18.2 Å². The average molecular weight is 230 g/mol. The number of hydrogen-bond acceptors (Lipinski definition) is 4. The number of hydrogen-bond donors (Lipinski definition) is 2. The second-order valence-electron chi connectivity index (χ2n) is 3.37. The van der Waals surface area contributed by atoms with E-state index in [4.69, 9.17) is 9.52 Å². The third-order valence-electron chi connectivity index (χ3n) is 2.30. The van der Waals surface area contributed by atoms with Gasteiger partial charge in [-0.25, -0.2) is 0 Å². The molecule has 0 amide bonds. The molecule has 0 saturated heterocycles. The van der Waals surface area contributed by atoms with Gasteiger partial charge in [0.15, 0.2) is 5.76 Å². The Morgan fingerprint density at radius 3 is 2.53 bits per heavy atom. The lowest BCUT2D eigenvalue weighted by Crippen LogP contribution is -2.02. The van der Waals surface area contributed by atoms with E-state index >= 15 is 0 Å². The summed E-state index contributed by atoms with van der Waals surface area (Å²) in [5.41, 5.74) is 0.936. The molecule has 0 bridgehead atoms. The third kappa shape index (κ3) is 2.06. The van der Waals surface area contributed by atoms with E-state index in [0.29, 0.717) is 12.0 Å². The van der Waals surface area contributed by atoms with Gasteiger partial charge in [-0.1, -0.05) is 30.3 Å². The van der Waals surface area contributed by atoms with Gasteiger partial charge in [-0.2, -0.15) is 0 Å². The van der Waals surface area contributed by atoms with Crippen LogP contribution in [0.2, 0.25) is 0 Å². The van der Waals surface area contributed by atoms with Crippen molar-refractivity contribution < 1.29 is 19.4 Å². The Hall–Kier alpha value is -2.49. The summed E-state index contributed by atoms with van der Waals surface area (Å²) in [7, 11) is 0. The average Bonchev–Trinajstić information content (AvgIpc) is 2.87. The summed E-state index contributed by atoms with van der Waals surface area (Å²) in [6.45, 7) is 0. The monoisotopic (exact) mass is 230 g/mol. The van der Waals surface area contributed by atoms with Crippen LogP contribution in [0.4, 0.5) is 0 Å². The van der Waals surface area contributed by atoms with Crippen molar-refractivity contribution in [1.82, 2.24) is 0 Å². The minimum absolute atomic E-state index is 0.207. The maximum Gasteiger partial charge on any atom is 0.234 e. The second-order valence-corrected chi connectivity index (χ2v) is 3.37. The lowest BCUT2D eigenvalue weighted by molar-refractivity contribution is 0.0971. The van der Waals surface area contributed by atoms with Gasteiger partial charge in [0.05, 0.1) is 11.8 Å². The third-order valence-corrected chi connectivity index (χ3v) is 2.30. The van der Waals surface area contributed by atoms with Crippen molar-refractivity contribution >= 4 is 5.78 Å². The zero-order chi connectivity index (χ0) is 12.3.